The monoisotopic (exact) mass is 318 g/mol. The van der Waals surface area contributed by atoms with Gasteiger partial charge in [0.2, 0.25) is 6.41 Å². The molecule has 0 radical (unpaired) electrons. The number of anilines is 1. The fourth-order valence-corrected chi connectivity index (χ4v) is 2.45. The van der Waals surface area contributed by atoms with Crippen molar-refractivity contribution in [2.45, 2.75) is 39.2 Å². The largest absolute Gasteiger partial charge is 0.444 e. The fraction of sp³-hybridized carbons (Fsp3) is 0.471. The minimum absolute atomic E-state index is 0.0478. The topological polar surface area (TPSA) is 75.7 Å². The van der Waals surface area contributed by atoms with Crippen LogP contribution < -0.4 is 10.2 Å². The zero-order valence-electron chi connectivity index (χ0n) is 13.7. The number of Topliss-reactive ketones (excluding diaryl/α,β-unsaturated/α-hetero) is 1. The fourth-order valence-electron chi connectivity index (χ4n) is 2.45. The summed E-state index contributed by atoms with van der Waals surface area (Å²) in [5.74, 6) is -0.0478. The maximum atomic E-state index is 12.2. The van der Waals surface area contributed by atoms with E-state index in [2.05, 4.69) is 5.32 Å². The van der Waals surface area contributed by atoms with Crippen molar-refractivity contribution in [3.8, 4) is 0 Å². The third kappa shape index (κ3) is 4.55. The Kier molecular flexibility index (Phi) is 5.03. The smallest absolute Gasteiger partial charge is 0.407 e. The van der Waals surface area contributed by atoms with Gasteiger partial charge >= 0.3 is 6.09 Å². The van der Waals surface area contributed by atoms with Gasteiger partial charge < -0.3 is 15.0 Å². The molecule has 1 N–H and O–H groups in total. The van der Waals surface area contributed by atoms with Gasteiger partial charge in [-0.1, -0.05) is 0 Å². The van der Waals surface area contributed by atoms with Crippen molar-refractivity contribution in [1.29, 1.82) is 0 Å². The highest BCUT2D eigenvalue weighted by Crippen LogP contribution is 2.27. The van der Waals surface area contributed by atoms with Crippen LogP contribution in [0.5, 0.6) is 0 Å². The molecular weight excluding hydrogens is 296 g/mol. The number of carbonyl (C=O) groups is 3. The van der Waals surface area contributed by atoms with Crippen LogP contribution in [0, 0.1) is 0 Å². The Bertz CT molecular complexity index is 620. The first-order chi connectivity index (χ1) is 10.8. The van der Waals surface area contributed by atoms with Crippen LogP contribution >= 0.6 is 0 Å². The molecule has 2 rings (SSSR count). The molecular formula is C17H22N2O4. The summed E-state index contributed by atoms with van der Waals surface area (Å²) in [4.78, 5) is 36.2. The van der Waals surface area contributed by atoms with E-state index >= 15 is 0 Å². The number of fused-ring (bicyclic) bond motifs is 1. The molecule has 0 unspecified atom stereocenters. The number of amides is 2. The lowest BCUT2D eigenvalue weighted by molar-refractivity contribution is -0.107. The number of ether oxygens (including phenoxy) is 1. The van der Waals surface area contributed by atoms with Crippen LogP contribution in [0.25, 0.3) is 0 Å². The summed E-state index contributed by atoms with van der Waals surface area (Å²) < 4.78 is 5.11. The molecule has 0 atom stereocenters. The van der Waals surface area contributed by atoms with Crippen molar-refractivity contribution in [2.24, 2.45) is 0 Å². The van der Waals surface area contributed by atoms with Gasteiger partial charge in [0.05, 0.1) is 0 Å². The van der Waals surface area contributed by atoms with Crippen LogP contribution in [0.1, 0.15) is 43.1 Å². The Labute approximate surface area is 135 Å². The number of nitrogens with one attached hydrogen (secondary N) is 1. The number of hydrogen-bond donors (Lipinski definition) is 1. The normalized spacial score (nSPS) is 13.4. The molecule has 0 aromatic heterocycles. The van der Waals surface area contributed by atoms with Crippen LogP contribution in [0.4, 0.5) is 10.5 Å². The zero-order valence-corrected chi connectivity index (χ0v) is 13.7. The Hall–Kier alpha value is -2.37. The van der Waals surface area contributed by atoms with E-state index in [1.54, 1.807) is 37.8 Å². The van der Waals surface area contributed by atoms with E-state index in [9.17, 15) is 14.4 Å². The zero-order chi connectivity index (χ0) is 17.0. The highest BCUT2D eigenvalue weighted by molar-refractivity contribution is 5.97. The Morgan fingerprint density at radius 1 is 1.35 bits per heavy atom. The van der Waals surface area contributed by atoms with Crippen molar-refractivity contribution in [3.63, 3.8) is 0 Å². The van der Waals surface area contributed by atoms with Gasteiger partial charge in [0, 0.05) is 30.8 Å². The predicted molar refractivity (Wildman–Crippen MR) is 86.7 cm³/mol. The maximum absolute atomic E-state index is 12.2. The molecule has 6 heteroatoms. The number of hydrogen-bond acceptors (Lipinski definition) is 4. The predicted octanol–water partition coefficient (Wildman–Crippen LogP) is 2.30. The molecule has 23 heavy (non-hydrogen) atoms. The van der Waals surface area contributed by atoms with Gasteiger partial charge in [-0.3, -0.25) is 9.59 Å². The van der Waals surface area contributed by atoms with Crippen LogP contribution in [0.3, 0.4) is 0 Å². The number of ketones is 1. The molecule has 1 aliphatic rings. The minimum atomic E-state index is -0.557. The molecule has 1 aliphatic heterocycles. The Morgan fingerprint density at radius 3 is 2.74 bits per heavy atom. The second-order valence-electron chi connectivity index (χ2n) is 6.49. The highest BCUT2D eigenvalue weighted by Gasteiger charge is 2.20. The molecule has 0 aliphatic carbocycles. The number of benzene rings is 1. The number of nitrogens with zero attached hydrogens (tertiary/aromatic N) is 1. The molecule has 1 aromatic carbocycles. The number of alkyl carbamates (subject to hydrolysis) is 1. The molecule has 0 spiro atoms. The summed E-state index contributed by atoms with van der Waals surface area (Å²) in [6, 6.07) is 5.34. The molecule has 1 heterocycles. The Balaban J connectivity index is 1.87. The molecule has 2 amide bonds. The van der Waals surface area contributed by atoms with Gasteiger partial charge in [-0.15, -0.1) is 0 Å². The molecule has 0 saturated carbocycles. The summed E-state index contributed by atoms with van der Waals surface area (Å²) in [5, 5.41) is 2.57. The Morgan fingerprint density at radius 2 is 2.09 bits per heavy atom. The van der Waals surface area contributed by atoms with Crippen molar-refractivity contribution in [1.82, 2.24) is 5.32 Å². The summed E-state index contributed by atoms with van der Waals surface area (Å²) in [5.41, 5.74) is 1.91. The summed E-state index contributed by atoms with van der Waals surface area (Å²) >= 11 is 0. The third-order valence-corrected chi connectivity index (χ3v) is 3.48. The van der Waals surface area contributed by atoms with Crippen molar-refractivity contribution in [2.75, 3.05) is 18.0 Å². The van der Waals surface area contributed by atoms with Gasteiger partial charge in [-0.25, -0.2) is 4.79 Å². The third-order valence-electron chi connectivity index (χ3n) is 3.48. The number of carbonyl (C=O) groups excluding carboxylic acids is 3. The lowest BCUT2D eigenvalue weighted by Crippen LogP contribution is -2.33. The molecule has 1 aromatic rings. The SMILES string of the molecule is CC(C)(C)OC(=O)NCCC(=O)c1ccc2c(c1)CCN2C=O. The first-order valence-corrected chi connectivity index (χ1v) is 7.65. The van der Waals surface area contributed by atoms with Crippen LogP contribution in [0.2, 0.25) is 0 Å². The van der Waals surface area contributed by atoms with E-state index in [4.69, 9.17) is 4.74 Å². The van der Waals surface area contributed by atoms with Crippen molar-refractivity contribution < 1.29 is 19.1 Å². The van der Waals surface area contributed by atoms with Crippen molar-refractivity contribution in [3.05, 3.63) is 29.3 Å². The molecule has 124 valence electrons. The second-order valence-corrected chi connectivity index (χ2v) is 6.49. The molecule has 0 bridgehead atoms. The van der Waals surface area contributed by atoms with Gasteiger partial charge in [-0.05, 0) is 51.0 Å². The molecule has 0 fully saturated rings. The van der Waals surface area contributed by atoms with E-state index in [0.29, 0.717) is 12.1 Å². The second kappa shape index (κ2) is 6.81. The van der Waals surface area contributed by atoms with E-state index in [-0.39, 0.29) is 18.7 Å². The maximum Gasteiger partial charge on any atom is 0.407 e. The summed E-state index contributed by atoms with van der Waals surface area (Å²) in [6.45, 7) is 6.22. The van der Waals surface area contributed by atoms with Gasteiger partial charge in [0.1, 0.15) is 5.60 Å². The highest BCUT2D eigenvalue weighted by atomic mass is 16.6. The lowest BCUT2D eigenvalue weighted by Gasteiger charge is -2.19. The first-order valence-electron chi connectivity index (χ1n) is 7.65. The van der Waals surface area contributed by atoms with Crippen LogP contribution in [-0.4, -0.2) is 37.0 Å². The molecule has 6 nitrogen and oxygen atoms in total. The van der Waals surface area contributed by atoms with E-state index < -0.39 is 11.7 Å². The minimum Gasteiger partial charge on any atom is -0.444 e. The van der Waals surface area contributed by atoms with Gasteiger partial charge in [0.25, 0.3) is 0 Å². The van der Waals surface area contributed by atoms with E-state index in [1.165, 1.54) is 0 Å². The molecule has 0 saturated heterocycles. The van der Waals surface area contributed by atoms with Crippen LogP contribution in [0.15, 0.2) is 18.2 Å². The van der Waals surface area contributed by atoms with Gasteiger partial charge in [0.15, 0.2) is 5.78 Å². The summed E-state index contributed by atoms with van der Waals surface area (Å²) in [6.07, 6.45) is 1.24. The first kappa shape index (κ1) is 17.0. The average Bonchev–Trinajstić information content (AvgIpc) is 2.87. The van der Waals surface area contributed by atoms with E-state index in [1.807, 2.05) is 6.07 Å². The summed E-state index contributed by atoms with van der Waals surface area (Å²) in [7, 11) is 0. The standard InChI is InChI=1S/C17H22N2O4/c1-17(2,3)23-16(22)18-8-6-15(21)13-4-5-14-12(10-13)7-9-19(14)11-20/h4-5,10-11H,6-9H2,1-3H3,(H,18,22). The number of rotatable bonds is 5. The van der Waals surface area contributed by atoms with Gasteiger partial charge in [-0.2, -0.15) is 0 Å². The van der Waals surface area contributed by atoms with Crippen LogP contribution in [-0.2, 0) is 16.0 Å². The van der Waals surface area contributed by atoms with E-state index in [0.717, 1.165) is 24.1 Å². The average molecular weight is 318 g/mol. The quantitative estimate of drug-likeness (QED) is 0.667. The van der Waals surface area contributed by atoms with Crippen molar-refractivity contribution >= 4 is 24.0 Å². The lowest BCUT2D eigenvalue weighted by atomic mass is 10.0.